The van der Waals surface area contributed by atoms with Crippen LogP contribution in [0, 0.1) is 0 Å². The predicted molar refractivity (Wildman–Crippen MR) is 120 cm³/mol. The number of nitrogens with zero attached hydrogens (tertiary/aromatic N) is 4. The van der Waals surface area contributed by atoms with E-state index in [2.05, 4.69) is 48.5 Å². The summed E-state index contributed by atoms with van der Waals surface area (Å²) in [7, 11) is 4.12. The summed E-state index contributed by atoms with van der Waals surface area (Å²) in [5.41, 5.74) is 0.435. The van der Waals surface area contributed by atoms with Crippen molar-refractivity contribution in [3.8, 4) is 0 Å². The lowest BCUT2D eigenvalue weighted by Crippen LogP contribution is -2.41. The van der Waals surface area contributed by atoms with Crippen molar-refractivity contribution in [1.29, 1.82) is 0 Å². The number of likely N-dealkylation sites (N-methyl/N-ethyl adjacent to an activating group) is 1. The number of halogens is 1. The van der Waals surface area contributed by atoms with E-state index in [0.29, 0.717) is 12.6 Å². The zero-order valence-corrected chi connectivity index (χ0v) is 19.0. The van der Waals surface area contributed by atoms with Crippen LogP contribution in [0.5, 0.6) is 0 Å². The van der Waals surface area contributed by atoms with Crippen molar-refractivity contribution in [1.82, 2.24) is 19.4 Å². The second kappa shape index (κ2) is 10.1. The molecule has 5 nitrogen and oxygen atoms in total. The van der Waals surface area contributed by atoms with E-state index in [1.165, 1.54) is 32.4 Å². The van der Waals surface area contributed by atoms with Crippen molar-refractivity contribution in [2.75, 3.05) is 40.3 Å². The van der Waals surface area contributed by atoms with E-state index in [9.17, 15) is 0 Å². The molecule has 1 saturated heterocycles. The molecule has 0 radical (unpaired) electrons. The molecule has 0 aliphatic carbocycles. The molecule has 2 unspecified atom stereocenters. The van der Waals surface area contributed by atoms with Crippen LogP contribution in [0.25, 0.3) is 0 Å². The fourth-order valence-electron chi connectivity index (χ4n) is 4.11. The van der Waals surface area contributed by atoms with Crippen molar-refractivity contribution in [2.24, 2.45) is 0 Å². The molecule has 1 aliphatic heterocycles. The molecule has 0 N–H and O–H groups in total. The van der Waals surface area contributed by atoms with Crippen molar-refractivity contribution >= 4 is 11.6 Å². The van der Waals surface area contributed by atoms with Crippen LogP contribution in [0.15, 0.2) is 36.7 Å². The summed E-state index contributed by atoms with van der Waals surface area (Å²) >= 11 is 6.14. The minimum Gasteiger partial charge on any atom is -0.361 e. The Morgan fingerprint density at radius 1 is 1.17 bits per heavy atom. The minimum atomic E-state index is -0.633. The van der Waals surface area contributed by atoms with E-state index in [1.807, 2.05) is 30.5 Å². The molecule has 2 heterocycles. The van der Waals surface area contributed by atoms with E-state index in [0.717, 1.165) is 29.5 Å². The number of likely N-dealkylation sites (tertiary alicyclic amines) is 1. The minimum absolute atomic E-state index is 0.472. The number of aromatic nitrogens is 2. The van der Waals surface area contributed by atoms with Gasteiger partial charge in [-0.25, -0.2) is 4.98 Å². The number of hydrogen-bond acceptors (Lipinski definition) is 4. The summed E-state index contributed by atoms with van der Waals surface area (Å²) in [6.07, 6.45) is 7.93. The molecule has 1 aromatic heterocycles. The molecule has 1 fully saturated rings. The molecule has 0 spiro atoms. The third-order valence-electron chi connectivity index (χ3n) is 5.94. The third kappa shape index (κ3) is 5.60. The van der Waals surface area contributed by atoms with Crippen LogP contribution in [0.2, 0.25) is 5.02 Å². The fraction of sp³-hybridized carbons (Fsp3) is 0.609. The Balaban J connectivity index is 1.85. The van der Waals surface area contributed by atoms with Crippen LogP contribution in [0.3, 0.4) is 0 Å². The third-order valence-corrected chi connectivity index (χ3v) is 6.19. The average Bonchev–Trinajstić information content (AvgIpc) is 3.17. The van der Waals surface area contributed by atoms with Crippen molar-refractivity contribution in [3.05, 3.63) is 53.1 Å². The number of imidazole rings is 1. The van der Waals surface area contributed by atoms with Crippen LogP contribution in [-0.2, 0) is 16.9 Å². The number of ether oxygens (including phenoxy) is 1. The molecule has 1 aromatic carbocycles. The summed E-state index contributed by atoms with van der Waals surface area (Å²) in [6.45, 7) is 9.22. The maximum Gasteiger partial charge on any atom is 0.148 e. The highest BCUT2D eigenvalue weighted by molar-refractivity contribution is 6.30. The van der Waals surface area contributed by atoms with E-state index in [-0.39, 0.29) is 0 Å². The van der Waals surface area contributed by atoms with Gasteiger partial charge in [-0.2, -0.15) is 0 Å². The molecule has 0 bridgehead atoms. The molecule has 0 saturated carbocycles. The summed E-state index contributed by atoms with van der Waals surface area (Å²) in [5.74, 6) is 0.947. The second-order valence-corrected chi connectivity index (χ2v) is 8.98. The number of benzene rings is 1. The van der Waals surface area contributed by atoms with Gasteiger partial charge in [-0.3, -0.25) is 4.90 Å². The second-order valence-electron chi connectivity index (χ2n) is 8.54. The van der Waals surface area contributed by atoms with Gasteiger partial charge in [0.15, 0.2) is 0 Å². The Kier molecular flexibility index (Phi) is 7.74. The lowest BCUT2D eigenvalue weighted by molar-refractivity contribution is -0.0192. The fourth-order valence-corrected chi connectivity index (χ4v) is 4.24. The molecule has 2 atom stereocenters. The normalized spacial score (nSPS) is 18.7. The van der Waals surface area contributed by atoms with E-state index < -0.39 is 5.60 Å². The molecule has 3 rings (SSSR count). The number of piperidine rings is 1. The zero-order chi connectivity index (χ0) is 20.9. The Morgan fingerprint density at radius 2 is 1.86 bits per heavy atom. The Bertz CT molecular complexity index is 754. The summed E-state index contributed by atoms with van der Waals surface area (Å²) in [5, 5.41) is 0.728. The standard InChI is InChI=1S/C23H35ClN4O/c1-19(27-13-6-5-7-14-27)18-28-15-12-25-22(28)23(2,29-17-16-26(3)4)20-8-10-21(24)11-9-20/h8-12,15,19H,5-7,13-14,16-18H2,1-4H3. The first-order chi connectivity index (χ1) is 13.9. The van der Waals surface area contributed by atoms with Crippen molar-refractivity contribution < 1.29 is 4.74 Å². The van der Waals surface area contributed by atoms with Crippen molar-refractivity contribution in [3.63, 3.8) is 0 Å². The maximum absolute atomic E-state index is 6.50. The zero-order valence-electron chi connectivity index (χ0n) is 18.3. The lowest BCUT2D eigenvalue weighted by atomic mass is 9.94. The quantitative estimate of drug-likeness (QED) is 0.609. The van der Waals surface area contributed by atoms with Gasteiger partial charge in [-0.15, -0.1) is 0 Å². The van der Waals surface area contributed by atoms with E-state index in [4.69, 9.17) is 21.3 Å². The highest BCUT2D eigenvalue weighted by Crippen LogP contribution is 2.33. The van der Waals surface area contributed by atoms with Gasteiger partial charge in [0.2, 0.25) is 0 Å². The van der Waals surface area contributed by atoms with Crippen LogP contribution < -0.4 is 0 Å². The van der Waals surface area contributed by atoms with Gasteiger partial charge in [0.05, 0.1) is 6.61 Å². The van der Waals surface area contributed by atoms with Crippen LogP contribution in [-0.4, -0.2) is 65.7 Å². The number of hydrogen-bond donors (Lipinski definition) is 0. The van der Waals surface area contributed by atoms with Crippen molar-refractivity contribution in [2.45, 2.75) is 51.3 Å². The van der Waals surface area contributed by atoms with Crippen LogP contribution in [0.4, 0.5) is 0 Å². The van der Waals surface area contributed by atoms with E-state index in [1.54, 1.807) is 0 Å². The van der Waals surface area contributed by atoms with Crippen LogP contribution >= 0.6 is 11.6 Å². The first kappa shape index (κ1) is 22.3. The highest BCUT2D eigenvalue weighted by Gasteiger charge is 2.35. The number of rotatable bonds is 9. The van der Waals surface area contributed by atoms with Gasteiger partial charge in [0.25, 0.3) is 0 Å². The maximum atomic E-state index is 6.50. The van der Waals surface area contributed by atoms with Gasteiger partial charge < -0.3 is 14.2 Å². The summed E-state index contributed by atoms with van der Waals surface area (Å²) in [6, 6.07) is 8.41. The Hall–Kier alpha value is -1.40. The van der Waals surface area contributed by atoms with Gasteiger partial charge in [-0.1, -0.05) is 30.2 Å². The summed E-state index contributed by atoms with van der Waals surface area (Å²) < 4.78 is 8.76. The first-order valence-electron chi connectivity index (χ1n) is 10.7. The Labute approximate surface area is 180 Å². The predicted octanol–water partition coefficient (Wildman–Crippen LogP) is 4.25. The molecule has 0 amide bonds. The SMILES string of the molecule is CC(Cn1ccnc1C(C)(OCCN(C)C)c1ccc(Cl)cc1)N1CCCCC1. The van der Waals surface area contributed by atoms with Crippen LogP contribution in [0.1, 0.15) is 44.5 Å². The Morgan fingerprint density at radius 3 is 2.52 bits per heavy atom. The summed E-state index contributed by atoms with van der Waals surface area (Å²) in [4.78, 5) is 9.49. The lowest BCUT2D eigenvalue weighted by Gasteiger charge is -2.35. The van der Waals surface area contributed by atoms with Gasteiger partial charge in [0.1, 0.15) is 11.4 Å². The molecule has 29 heavy (non-hydrogen) atoms. The first-order valence-corrected chi connectivity index (χ1v) is 11.1. The molecular weight excluding hydrogens is 384 g/mol. The largest absolute Gasteiger partial charge is 0.361 e. The molecule has 6 heteroatoms. The molecule has 1 aliphatic rings. The van der Waals surface area contributed by atoms with Gasteiger partial charge >= 0.3 is 0 Å². The van der Waals surface area contributed by atoms with E-state index >= 15 is 0 Å². The molecule has 160 valence electrons. The molecule has 2 aromatic rings. The highest BCUT2D eigenvalue weighted by atomic mass is 35.5. The topological polar surface area (TPSA) is 33.5 Å². The average molecular weight is 419 g/mol. The monoisotopic (exact) mass is 418 g/mol. The smallest absolute Gasteiger partial charge is 0.148 e. The van der Waals surface area contributed by atoms with Gasteiger partial charge in [0, 0.05) is 36.5 Å². The molecular formula is C23H35ClN4O. The van der Waals surface area contributed by atoms with Gasteiger partial charge in [-0.05, 0) is 71.6 Å².